The van der Waals surface area contributed by atoms with Crippen molar-refractivity contribution in [3.63, 3.8) is 0 Å². The van der Waals surface area contributed by atoms with Gasteiger partial charge in [0.2, 0.25) is 0 Å². The molecule has 0 N–H and O–H groups in total. The molecule has 0 amide bonds. The van der Waals surface area contributed by atoms with Gasteiger partial charge in [-0.05, 0) is 54.9 Å². The van der Waals surface area contributed by atoms with Gasteiger partial charge in [-0.25, -0.2) is 4.39 Å². The van der Waals surface area contributed by atoms with Crippen LogP contribution < -0.4 is 0 Å². The minimum absolute atomic E-state index is 0.268. The highest BCUT2D eigenvalue weighted by Crippen LogP contribution is 2.07. The summed E-state index contributed by atoms with van der Waals surface area (Å²) < 4.78 is 18.3. The van der Waals surface area contributed by atoms with Gasteiger partial charge in [-0.2, -0.15) is 0 Å². The quantitative estimate of drug-likeness (QED) is 0.598. The third kappa shape index (κ3) is 4.45. The first kappa shape index (κ1) is 13.7. The number of ether oxygens (including phenoxy) is 1. The van der Waals surface area contributed by atoms with Crippen LogP contribution in [0.2, 0.25) is 0 Å². The van der Waals surface area contributed by atoms with Gasteiger partial charge >= 0.3 is 0 Å². The third-order valence-corrected chi connectivity index (χ3v) is 3.12. The maximum absolute atomic E-state index is 12.8. The first-order valence-corrected chi connectivity index (χ1v) is 6.63. The molecule has 3 heteroatoms. The van der Waals surface area contributed by atoms with Crippen LogP contribution >= 0.6 is 12.2 Å². The van der Waals surface area contributed by atoms with E-state index in [-0.39, 0.29) is 5.82 Å². The van der Waals surface area contributed by atoms with Crippen molar-refractivity contribution in [1.29, 1.82) is 0 Å². The number of aryl methyl sites for hydroxylation is 1. The number of benzene rings is 2. The second kappa shape index (κ2) is 7.00. The van der Waals surface area contributed by atoms with E-state index in [4.69, 9.17) is 17.0 Å². The molecule has 1 nitrogen and oxygen atoms in total. The molecular formula is C16H15FOS. The van der Waals surface area contributed by atoms with E-state index in [9.17, 15) is 4.39 Å². The Kier molecular flexibility index (Phi) is 5.04. The molecule has 0 unspecified atom stereocenters. The second-order valence-electron chi connectivity index (χ2n) is 4.23. The summed E-state index contributed by atoms with van der Waals surface area (Å²) in [6, 6.07) is 16.3. The average molecular weight is 274 g/mol. The SMILES string of the molecule is Fc1ccc(C(=S)OCCCc2ccccc2)cc1. The van der Waals surface area contributed by atoms with E-state index in [1.54, 1.807) is 12.1 Å². The van der Waals surface area contributed by atoms with Crippen LogP contribution in [0.4, 0.5) is 4.39 Å². The van der Waals surface area contributed by atoms with Crippen LogP contribution in [-0.2, 0) is 11.2 Å². The minimum Gasteiger partial charge on any atom is -0.483 e. The van der Waals surface area contributed by atoms with Crippen LogP contribution in [0, 0.1) is 5.82 Å². The summed E-state index contributed by atoms with van der Waals surface area (Å²) in [5, 5.41) is 0.424. The van der Waals surface area contributed by atoms with Crippen LogP contribution in [-0.4, -0.2) is 11.7 Å². The Balaban J connectivity index is 1.74. The molecule has 98 valence electrons. The Morgan fingerprint density at radius 1 is 1.00 bits per heavy atom. The lowest BCUT2D eigenvalue weighted by molar-refractivity contribution is 0.307. The zero-order valence-corrected chi connectivity index (χ0v) is 11.3. The maximum atomic E-state index is 12.8. The molecule has 0 saturated heterocycles. The van der Waals surface area contributed by atoms with Gasteiger partial charge in [0.25, 0.3) is 0 Å². The van der Waals surface area contributed by atoms with Gasteiger partial charge < -0.3 is 4.74 Å². The van der Waals surface area contributed by atoms with E-state index >= 15 is 0 Å². The smallest absolute Gasteiger partial charge is 0.191 e. The van der Waals surface area contributed by atoms with Gasteiger partial charge in [0.05, 0.1) is 6.61 Å². The van der Waals surface area contributed by atoms with Gasteiger partial charge in [0, 0.05) is 5.56 Å². The van der Waals surface area contributed by atoms with Crippen LogP contribution in [0.5, 0.6) is 0 Å². The van der Waals surface area contributed by atoms with Crippen LogP contribution in [0.3, 0.4) is 0 Å². The van der Waals surface area contributed by atoms with Crippen LogP contribution in [0.25, 0.3) is 0 Å². The molecule has 0 atom stereocenters. The summed E-state index contributed by atoms with van der Waals surface area (Å²) in [7, 11) is 0. The molecule has 0 fully saturated rings. The standard InChI is InChI=1S/C16H15FOS/c17-15-10-8-14(9-11-15)16(19)18-12-4-7-13-5-2-1-3-6-13/h1-3,5-6,8-11H,4,7,12H2. The normalized spacial score (nSPS) is 10.2. The van der Waals surface area contributed by atoms with Gasteiger partial charge in [0.1, 0.15) is 5.82 Å². The average Bonchev–Trinajstić information content (AvgIpc) is 2.45. The molecule has 0 radical (unpaired) electrons. The van der Waals surface area contributed by atoms with Crippen molar-refractivity contribution in [2.24, 2.45) is 0 Å². The molecular weight excluding hydrogens is 259 g/mol. The van der Waals surface area contributed by atoms with E-state index in [0.29, 0.717) is 11.7 Å². The van der Waals surface area contributed by atoms with Crippen molar-refractivity contribution in [1.82, 2.24) is 0 Å². The summed E-state index contributed by atoms with van der Waals surface area (Å²) in [6.07, 6.45) is 1.87. The molecule has 0 aliphatic rings. The first-order valence-electron chi connectivity index (χ1n) is 6.22. The molecule has 0 heterocycles. The lowest BCUT2D eigenvalue weighted by atomic mass is 10.1. The molecule has 2 rings (SSSR count). The Hall–Kier alpha value is -1.74. The fraction of sp³-hybridized carbons (Fsp3) is 0.188. The molecule has 2 aromatic rings. The van der Waals surface area contributed by atoms with Crippen LogP contribution in [0.15, 0.2) is 54.6 Å². The minimum atomic E-state index is -0.268. The highest BCUT2D eigenvalue weighted by Gasteiger charge is 2.02. The highest BCUT2D eigenvalue weighted by atomic mass is 32.1. The molecule has 0 aliphatic heterocycles. The summed E-state index contributed by atoms with van der Waals surface area (Å²) >= 11 is 5.15. The third-order valence-electron chi connectivity index (χ3n) is 2.77. The van der Waals surface area contributed by atoms with Crippen molar-refractivity contribution < 1.29 is 9.13 Å². The van der Waals surface area contributed by atoms with Crippen molar-refractivity contribution in [2.45, 2.75) is 12.8 Å². The molecule has 0 aliphatic carbocycles. The second-order valence-corrected chi connectivity index (χ2v) is 4.60. The largest absolute Gasteiger partial charge is 0.483 e. The summed E-state index contributed by atoms with van der Waals surface area (Å²) in [5.41, 5.74) is 2.04. The van der Waals surface area contributed by atoms with Crippen molar-refractivity contribution >= 4 is 17.3 Å². The van der Waals surface area contributed by atoms with Crippen LogP contribution in [0.1, 0.15) is 17.5 Å². The monoisotopic (exact) mass is 274 g/mol. The molecule has 0 spiro atoms. The topological polar surface area (TPSA) is 9.23 Å². The number of rotatable bonds is 5. The predicted molar refractivity (Wildman–Crippen MR) is 78.8 cm³/mol. The molecule has 0 aromatic heterocycles. The number of hydrogen-bond acceptors (Lipinski definition) is 2. The summed E-state index contributed by atoms with van der Waals surface area (Å²) in [5.74, 6) is -0.268. The lowest BCUT2D eigenvalue weighted by Crippen LogP contribution is -2.05. The van der Waals surface area contributed by atoms with E-state index in [1.165, 1.54) is 17.7 Å². The summed E-state index contributed by atoms with van der Waals surface area (Å²) in [4.78, 5) is 0. The van der Waals surface area contributed by atoms with Gasteiger partial charge in [-0.1, -0.05) is 30.3 Å². The summed E-state index contributed by atoms with van der Waals surface area (Å²) in [6.45, 7) is 0.575. The van der Waals surface area contributed by atoms with E-state index in [0.717, 1.165) is 18.4 Å². The Morgan fingerprint density at radius 3 is 2.37 bits per heavy atom. The van der Waals surface area contributed by atoms with Gasteiger partial charge in [-0.15, -0.1) is 0 Å². The van der Waals surface area contributed by atoms with Crippen molar-refractivity contribution in [3.05, 3.63) is 71.5 Å². The van der Waals surface area contributed by atoms with Gasteiger partial charge in [0.15, 0.2) is 5.05 Å². The predicted octanol–water partition coefficient (Wildman–Crippen LogP) is 4.15. The van der Waals surface area contributed by atoms with Crippen molar-refractivity contribution in [2.75, 3.05) is 6.61 Å². The highest BCUT2D eigenvalue weighted by molar-refractivity contribution is 7.80. The fourth-order valence-corrected chi connectivity index (χ4v) is 1.97. The van der Waals surface area contributed by atoms with Gasteiger partial charge in [-0.3, -0.25) is 0 Å². The number of halogens is 1. The van der Waals surface area contributed by atoms with E-state index < -0.39 is 0 Å². The zero-order valence-electron chi connectivity index (χ0n) is 10.5. The molecule has 0 saturated carbocycles. The number of hydrogen-bond donors (Lipinski definition) is 0. The molecule has 2 aromatic carbocycles. The fourth-order valence-electron chi connectivity index (χ4n) is 1.76. The maximum Gasteiger partial charge on any atom is 0.191 e. The lowest BCUT2D eigenvalue weighted by Gasteiger charge is -2.07. The van der Waals surface area contributed by atoms with E-state index in [2.05, 4.69) is 12.1 Å². The Bertz CT molecular complexity index is 522. The Labute approximate surface area is 118 Å². The number of thiocarbonyl (C=S) groups is 1. The van der Waals surface area contributed by atoms with E-state index in [1.807, 2.05) is 18.2 Å². The first-order chi connectivity index (χ1) is 9.25. The van der Waals surface area contributed by atoms with Crippen molar-refractivity contribution in [3.8, 4) is 0 Å². The molecule has 0 bridgehead atoms. The molecule has 19 heavy (non-hydrogen) atoms. The zero-order chi connectivity index (χ0) is 13.5. The Morgan fingerprint density at radius 2 is 1.68 bits per heavy atom.